The number of hydrogen-bond donors (Lipinski definition) is 3. The lowest BCUT2D eigenvalue weighted by Gasteiger charge is -2.33. The number of piperazine rings is 1. The number of carbonyl (C=O) groups excluding carboxylic acids is 1. The Balaban J connectivity index is 0.00000392. The quantitative estimate of drug-likeness (QED) is 0.129. The lowest BCUT2D eigenvalue weighted by molar-refractivity contribution is 0.112. The topological polar surface area (TPSA) is 108 Å². The molecular formula is C37H43ClN10O2. The molecule has 3 N–H and O–H groups in total. The van der Waals surface area contributed by atoms with Gasteiger partial charge in [-0.1, -0.05) is 24.3 Å². The van der Waals surface area contributed by atoms with E-state index in [0.29, 0.717) is 25.3 Å². The number of nitrogens with zero attached hydrogens (tertiary/aromatic N) is 7. The molecule has 0 aliphatic carbocycles. The third kappa shape index (κ3) is 6.03. The maximum Gasteiger partial charge on any atom is 0.152 e. The smallest absolute Gasteiger partial charge is 0.152 e. The minimum Gasteiger partial charge on any atom is -0.491 e. The molecular weight excluding hydrogens is 652 g/mol. The lowest BCUT2D eigenvalue weighted by atomic mass is 10.0. The first-order valence-corrected chi connectivity index (χ1v) is 17.0. The SMILES string of the molecule is Cc1c(OCCCN2CCNCC2)c(N2Cc3cnn(C)c3Nc3ccccc32)cc(C=O)c1N1Cc2cnn(C)c2Nc2ccccc21.Cl. The molecule has 1 fully saturated rings. The Hall–Kier alpha value is -5.04. The van der Waals surface area contributed by atoms with Crippen molar-refractivity contribution in [1.29, 1.82) is 0 Å². The van der Waals surface area contributed by atoms with Crippen LogP contribution in [0.4, 0.5) is 45.8 Å². The fourth-order valence-electron chi connectivity index (χ4n) is 7.36. The highest BCUT2D eigenvalue weighted by atomic mass is 35.5. The normalized spacial score (nSPS) is 15.3. The number of hydrogen-bond acceptors (Lipinski definition) is 10. The minimum atomic E-state index is 0. The van der Waals surface area contributed by atoms with E-state index in [4.69, 9.17) is 4.74 Å². The first-order chi connectivity index (χ1) is 24.0. The minimum absolute atomic E-state index is 0. The van der Waals surface area contributed by atoms with Crippen LogP contribution in [0.1, 0.15) is 33.5 Å². The summed E-state index contributed by atoms with van der Waals surface area (Å²) in [6.45, 7) is 8.82. The summed E-state index contributed by atoms with van der Waals surface area (Å²) in [4.78, 5) is 20.2. The summed E-state index contributed by atoms with van der Waals surface area (Å²) < 4.78 is 10.6. The van der Waals surface area contributed by atoms with Gasteiger partial charge in [-0.25, -0.2) is 0 Å². The number of aromatic nitrogens is 4. The van der Waals surface area contributed by atoms with E-state index in [-0.39, 0.29) is 12.4 Å². The van der Waals surface area contributed by atoms with Crippen molar-refractivity contribution in [3.8, 4) is 5.75 Å². The van der Waals surface area contributed by atoms with Crippen LogP contribution in [0.5, 0.6) is 5.75 Å². The summed E-state index contributed by atoms with van der Waals surface area (Å²) in [6, 6.07) is 18.5. The second-order valence-electron chi connectivity index (χ2n) is 12.9. The van der Waals surface area contributed by atoms with Crippen LogP contribution in [-0.4, -0.2) is 70.1 Å². The van der Waals surface area contributed by atoms with Crippen LogP contribution < -0.4 is 30.5 Å². The van der Waals surface area contributed by atoms with Crippen LogP contribution in [0.2, 0.25) is 0 Å². The first-order valence-electron chi connectivity index (χ1n) is 17.0. The molecule has 12 nitrogen and oxygen atoms in total. The summed E-state index contributed by atoms with van der Waals surface area (Å²) in [7, 11) is 3.89. The fourth-order valence-corrected chi connectivity index (χ4v) is 7.36. The molecule has 0 saturated carbocycles. The largest absolute Gasteiger partial charge is 0.491 e. The average Bonchev–Trinajstić information content (AvgIpc) is 3.52. The van der Waals surface area contributed by atoms with Gasteiger partial charge in [0.25, 0.3) is 0 Å². The molecule has 0 unspecified atom stereocenters. The highest BCUT2D eigenvalue weighted by Gasteiger charge is 2.31. The average molecular weight is 695 g/mol. The van der Waals surface area contributed by atoms with Gasteiger partial charge in [0, 0.05) is 69.1 Å². The Morgan fingerprint density at radius 2 is 1.40 bits per heavy atom. The molecule has 8 rings (SSSR count). The number of ether oxygens (including phenoxy) is 1. The molecule has 3 aromatic carbocycles. The van der Waals surface area contributed by atoms with Crippen molar-refractivity contribution in [1.82, 2.24) is 29.8 Å². The molecule has 2 aromatic heterocycles. The van der Waals surface area contributed by atoms with E-state index in [2.05, 4.69) is 72.0 Å². The van der Waals surface area contributed by atoms with Crippen LogP contribution in [0.25, 0.3) is 0 Å². The summed E-state index contributed by atoms with van der Waals surface area (Å²) in [6.07, 6.45) is 5.67. The number of nitrogens with one attached hydrogen (secondary N) is 3. The molecule has 0 spiro atoms. The van der Waals surface area contributed by atoms with Crippen molar-refractivity contribution >= 4 is 64.5 Å². The van der Waals surface area contributed by atoms with Gasteiger partial charge in [-0.15, -0.1) is 12.4 Å². The van der Waals surface area contributed by atoms with Gasteiger partial charge in [0.2, 0.25) is 0 Å². The second kappa shape index (κ2) is 14.1. The standard InChI is InChI=1S/C37H42N10O2.ClH/c1-25-34(47-23-28-21-40-44(3)37(28)42-30-10-5-7-12-32(30)47)26(24-48)19-33(35(25)49-18-8-15-45-16-13-38-14-17-45)46-22-27-20-39-43(2)36(27)41-29-9-4-6-11-31(29)46;/h4-7,9-12,19-21,24,38,41-42H,8,13-18,22-23H2,1-3H3;1H. The van der Waals surface area contributed by atoms with E-state index in [1.165, 1.54) is 0 Å². The third-order valence-corrected chi connectivity index (χ3v) is 9.84. The fraction of sp³-hybridized carbons (Fsp3) is 0.324. The summed E-state index contributed by atoms with van der Waals surface area (Å²) in [5.74, 6) is 2.64. The Kier molecular flexibility index (Phi) is 9.41. The predicted octanol–water partition coefficient (Wildman–Crippen LogP) is 6.16. The zero-order valence-corrected chi connectivity index (χ0v) is 29.5. The molecule has 5 aromatic rings. The Bertz CT molecular complexity index is 2020. The molecule has 5 heterocycles. The van der Waals surface area contributed by atoms with Gasteiger partial charge in [0.05, 0.1) is 66.2 Å². The summed E-state index contributed by atoms with van der Waals surface area (Å²) in [5.41, 5.74) is 9.13. The zero-order chi connectivity index (χ0) is 33.5. The first kappa shape index (κ1) is 33.5. The number of carbonyl (C=O) groups is 1. The number of para-hydroxylation sites is 4. The van der Waals surface area contributed by atoms with Crippen molar-refractivity contribution in [3.63, 3.8) is 0 Å². The monoisotopic (exact) mass is 694 g/mol. The van der Waals surface area contributed by atoms with Crippen molar-refractivity contribution in [2.24, 2.45) is 14.1 Å². The van der Waals surface area contributed by atoms with Crippen LogP contribution in [-0.2, 0) is 27.2 Å². The number of anilines is 8. The van der Waals surface area contributed by atoms with Crippen LogP contribution in [0.3, 0.4) is 0 Å². The van der Waals surface area contributed by atoms with Gasteiger partial charge in [0.15, 0.2) is 6.29 Å². The van der Waals surface area contributed by atoms with E-state index < -0.39 is 0 Å². The summed E-state index contributed by atoms with van der Waals surface area (Å²) in [5, 5.41) is 19.7. The number of rotatable bonds is 8. The number of halogens is 1. The Morgan fingerprint density at radius 1 is 0.820 bits per heavy atom. The number of aldehydes is 1. The maximum absolute atomic E-state index is 13.2. The van der Waals surface area contributed by atoms with Crippen LogP contribution in [0, 0.1) is 6.92 Å². The van der Waals surface area contributed by atoms with Gasteiger partial charge in [-0.3, -0.25) is 14.2 Å². The molecule has 0 radical (unpaired) electrons. The molecule has 3 aliphatic rings. The number of aryl methyl sites for hydroxylation is 2. The second-order valence-corrected chi connectivity index (χ2v) is 12.9. The molecule has 260 valence electrons. The molecule has 3 aliphatic heterocycles. The molecule has 0 amide bonds. The van der Waals surface area contributed by atoms with Crippen LogP contribution in [0.15, 0.2) is 67.0 Å². The molecule has 0 bridgehead atoms. The predicted molar refractivity (Wildman–Crippen MR) is 201 cm³/mol. The number of fused-ring (bicyclic) bond motifs is 4. The zero-order valence-electron chi connectivity index (χ0n) is 28.6. The van der Waals surface area contributed by atoms with E-state index in [0.717, 1.165) is 114 Å². The maximum atomic E-state index is 13.2. The third-order valence-electron chi connectivity index (χ3n) is 9.84. The van der Waals surface area contributed by atoms with Gasteiger partial charge in [-0.2, -0.15) is 10.2 Å². The van der Waals surface area contributed by atoms with Gasteiger partial charge >= 0.3 is 0 Å². The molecule has 50 heavy (non-hydrogen) atoms. The van der Waals surface area contributed by atoms with Crippen LogP contribution >= 0.6 is 12.4 Å². The van der Waals surface area contributed by atoms with E-state index in [9.17, 15) is 4.79 Å². The van der Waals surface area contributed by atoms with Gasteiger partial charge < -0.3 is 35.4 Å². The van der Waals surface area contributed by atoms with E-state index in [1.54, 1.807) is 0 Å². The van der Waals surface area contributed by atoms with Crippen molar-refractivity contribution in [3.05, 3.63) is 89.2 Å². The molecule has 13 heteroatoms. The van der Waals surface area contributed by atoms with Gasteiger partial charge in [-0.05, 0) is 43.7 Å². The highest BCUT2D eigenvalue weighted by molar-refractivity contribution is 5.97. The van der Waals surface area contributed by atoms with Crippen molar-refractivity contribution < 1.29 is 9.53 Å². The number of benzene rings is 3. The van der Waals surface area contributed by atoms with E-state index >= 15 is 0 Å². The van der Waals surface area contributed by atoms with Crippen molar-refractivity contribution in [2.45, 2.75) is 26.4 Å². The van der Waals surface area contributed by atoms with Crippen molar-refractivity contribution in [2.75, 3.05) is 59.8 Å². The Labute approximate surface area is 298 Å². The summed E-state index contributed by atoms with van der Waals surface area (Å²) >= 11 is 0. The molecule has 1 saturated heterocycles. The highest BCUT2D eigenvalue weighted by Crippen LogP contribution is 2.50. The lowest BCUT2D eigenvalue weighted by Crippen LogP contribution is -2.44. The van der Waals surface area contributed by atoms with E-state index in [1.807, 2.05) is 66.2 Å². The molecule has 0 atom stereocenters. The Morgan fingerprint density at radius 3 is 2.02 bits per heavy atom. The van der Waals surface area contributed by atoms with Gasteiger partial charge in [0.1, 0.15) is 17.4 Å².